The lowest BCUT2D eigenvalue weighted by Crippen LogP contribution is -2.16. The molecule has 1 aromatic carbocycles. The summed E-state index contributed by atoms with van der Waals surface area (Å²) in [7, 11) is 0. The summed E-state index contributed by atoms with van der Waals surface area (Å²) in [6.45, 7) is 6.77. The molecule has 0 atom stereocenters. The third-order valence-electron chi connectivity index (χ3n) is 3.72. The molecular formula is C16H15N3O3S2. The zero-order valence-corrected chi connectivity index (χ0v) is 15.0. The third-order valence-corrected chi connectivity index (χ3v) is 5.96. The Bertz CT molecular complexity index is 1030. The molecule has 0 aliphatic rings. The summed E-state index contributed by atoms with van der Waals surface area (Å²) in [4.78, 5) is 27.8. The van der Waals surface area contributed by atoms with Crippen LogP contribution in [0.3, 0.4) is 0 Å². The van der Waals surface area contributed by atoms with Gasteiger partial charge in [0.25, 0.3) is 5.91 Å². The topological polar surface area (TPSA) is 77.5 Å². The molecule has 6 nitrogen and oxygen atoms in total. The van der Waals surface area contributed by atoms with Gasteiger partial charge in [0.1, 0.15) is 4.88 Å². The normalized spacial score (nSPS) is 12.0. The van der Waals surface area contributed by atoms with E-state index in [0.29, 0.717) is 11.3 Å². The number of hydrogen-bond donors (Lipinski definition) is 0. The Balaban J connectivity index is 2.15. The largest absolute Gasteiger partial charge is 0.324 e. The third kappa shape index (κ3) is 2.78. The van der Waals surface area contributed by atoms with Crippen LogP contribution < -0.4 is 4.80 Å². The van der Waals surface area contributed by atoms with Gasteiger partial charge in [-0.15, -0.1) is 0 Å². The van der Waals surface area contributed by atoms with E-state index in [2.05, 4.69) is 17.1 Å². The van der Waals surface area contributed by atoms with Crippen molar-refractivity contribution in [3.8, 4) is 0 Å². The number of thiazole rings is 1. The number of fused-ring (bicyclic) bond motifs is 1. The van der Waals surface area contributed by atoms with Crippen LogP contribution in [0.5, 0.6) is 0 Å². The van der Waals surface area contributed by atoms with Crippen LogP contribution in [-0.4, -0.2) is 15.4 Å². The predicted molar refractivity (Wildman–Crippen MR) is 95.8 cm³/mol. The first kappa shape index (κ1) is 16.5. The van der Waals surface area contributed by atoms with Crippen LogP contribution in [0.25, 0.3) is 10.2 Å². The van der Waals surface area contributed by atoms with Gasteiger partial charge in [0.2, 0.25) is 0 Å². The number of hydrogen-bond acceptors (Lipinski definition) is 5. The van der Waals surface area contributed by atoms with Gasteiger partial charge in [-0.25, -0.2) is 0 Å². The highest BCUT2D eigenvalue weighted by Crippen LogP contribution is 2.26. The number of amides is 1. The molecule has 0 aliphatic carbocycles. The fourth-order valence-corrected chi connectivity index (χ4v) is 4.48. The lowest BCUT2D eigenvalue weighted by Gasteiger charge is -2.04. The van der Waals surface area contributed by atoms with Crippen LogP contribution in [0, 0.1) is 24.0 Å². The van der Waals surface area contributed by atoms with Crippen LogP contribution in [0.2, 0.25) is 0 Å². The highest BCUT2D eigenvalue weighted by Gasteiger charge is 2.16. The van der Waals surface area contributed by atoms with E-state index in [1.165, 1.54) is 23.5 Å². The molecule has 0 N–H and O–H groups in total. The first-order valence-electron chi connectivity index (χ1n) is 7.35. The maximum Gasteiger partial charge on any atom is 0.324 e. The average molecular weight is 361 g/mol. The van der Waals surface area contributed by atoms with E-state index >= 15 is 0 Å². The molecule has 24 heavy (non-hydrogen) atoms. The number of nitro groups is 1. The van der Waals surface area contributed by atoms with Gasteiger partial charge in [0.15, 0.2) is 4.80 Å². The Morgan fingerprint density at radius 3 is 2.54 bits per heavy atom. The van der Waals surface area contributed by atoms with Crippen molar-refractivity contribution in [2.45, 2.75) is 27.3 Å². The van der Waals surface area contributed by atoms with E-state index in [9.17, 15) is 14.9 Å². The van der Waals surface area contributed by atoms with E-state index in [0.717, 1.165) is 32.7 Å². The molecule has 8 heteroatoms. The summed E-state index contributed by atoms with van der Waals surface area (Å²) in [5, 5.41) is 10.7. The summed E-state index contributed by atoms with van der Waals surface area (Å²) < 4.78 is 3.13. The Kier molecular flexibility index (Phi) is 4.33. The minimum Gasteiger partial charge on any atom is -0.316 e. The summed E-state index contributed by atoms with van der Waals surface area (Å²) in [5.41, 5.74) is 3.36. The van der Waals surface area contributed by atoms with Gasteiger partial charge in [-0.05, 0) is 38.0 Å². The average Bonchev–Trinajstić information content (AvgIpc) is 3.16. The van der Waals surface area contributed by atoms with Gasteiger partial charge in [0, 0.05) is 12.6 Å². The Morgan fingerprint density at radius 2 is 1.92 bits per heavy atom. The molecule has 0 saturated carbocycles. The maximum atomic E-state index is 12.4. The standard InChI is InChI=1S/C16H15N3O3S2/c1-4-18-13-9(2)5-6-10(3)14(13)24-16(18)17-15(20)11-7-8-12(23-11)19(21)22/h5-8H,4H2,1-3H3. The predicted octanol–water partition coefficient (Wildman–Crippen LogP) is 4.05. The number of carbonyl (C=O) groups excluding carboxylic acids is 1. The van der Waals surface area contributed by atoms with Crippen LogP contribution in [0.15, 0.2) is 29.3 Å². The number of rotatable bonds is 3. The van der Waals surface area contributed by atoms with E-state index in [1.807, 2.05) is 25.3 Å². The second-order valence-corrected chi connectivity index (χ2v) is 7.36. The Hall–Kier alpha value is -2.32. The lowest BCUT2D eigenvalue weighted by atomic mass is 10.1. The molecule has 0 saturated heterocycles. The molecule has 0 unspecified atom stereocenters. The van der Waals surface area contributed by atoms with Crippen LogP contribution >= 0.6 is 22.7 Å². The highest BCUT2D eigenvalue weighted by atomic mass is 32.1. The van der Waals surface area contributed by atoms with E-state index < -0.39 is 10.8 Å². The molecule has 2 aromatic heterocycles. The number of carbonyl (C=O) groups is 1. The first-order chi connectivity index (χ1) is 11.4. The molecule has 3 rings (SSSR count). The van der Waals surface area contributed by atoms with Crippen molar-refractivity contribution in [1.29, 1.82) is 0 Å². The van der Waals surface area contributed by atoms with E-state index in [1.54, 1.807) is 0 Å². The fraction of sp³-hybridized carbons (Fsp3) is 0.250. The molecule has 0 aliphatic heterocycles. The monoisotopic (exact) mass is 361 g/mol. The number of aryl methyl sites for hydroxylation is 3. The summed E-state index contributed by atoms with van der Waals surface area (Å²) >= 11 is 2.32. The van der Waals surface area contributed by atoms with Crippen LogP contribution in [0.1, 0.15) is 27.7 Å². The summed E-state index contributed by atoms with van der Waals surface area (Å²) in [6.07, 6.45) is 0. The van der Waals surface area contributed by atoms with Crippen molar-refractivity contribution in [2.24, 2.45) is 4.99 Å². The van der Waals surface area contributed by atoms with Crippen molar-refractivity contribution < 1.29 is 9.72 Å². The van der Waals surface area contributed by atoms with Crippen LogP contribution in [0.4, 0.5) is 5.00 Å². The smallest absolute Gasteiger partial charge is 0.316 e. The van der Waals surface area contributed by atoms with Gasteiger partial charge in [-0.1, -0.05) is 34.8 Å². The molecule has 0 spiro atoms. The second-order valence-electron chi connectivity index (χ2n) is 5.32. The SMILES string of the molecule is CCn1c(=NC(=O)c2ccc([N+](=O)[O-])s2)sc2c(C)ccc(C)c21. The number of nitrogens with zero attached hydrogens (tertiary/aromatic N) is 3. The quantitative estimate of drug-likeness (QED) is 0.521. The Labute approximate surface area is 145 Å². The van der Waals surface area contributed by atoms with E-state index in [4.69, 9.17) is 0 Å². The molecule has 1 amide bonds. The molecule has 0 radical (unpaired) electrons. The number of benzene rings is 1. The van der Waals surface area contributed by atoms with Gasteiger partial charge in [0.05, 0.1) is 15.1 Å². The van der Waals surface area contributed by atoms with Gasteiger partial charge in [-0.3, -0.25) is 14.9 Å². The molecule has 0 bridgehead atoms. The van der Waals surface area contributed by atoms with Gasteiger partial charge >= 0.3 is 5.00 Å². The lowest BCUT2D eigenvalue weighted by molar-refractivity contribution is -0.380. The summed E-state index contributed by atoms with van der Waals surface area (Å²) in [6, 6.07) is 6.91. The minimum absolute atomic E-state index is 0.0556. The van der Waals surface area contributed by atoms with Crippen molar-refractivity contribution >= 4 is 43.8 Å². The molecular weight excluding hydrogens is 346 g/mol. The highest BCUT2D eigenvalue weighted by molar-refractivity contribution is 7.17. The molecule has 124 valence electrons. The van der Waals surface area contributed by atoms with E-state index in [-0.39, 0.29) is 9.88 Å². The summed E-state index contributed by atoms with van der Waals surface area (Å²) in [5.74, 6) is -0.447. The van der Waals surface area contributed by atoms with Crippen molar-refractivity contribution in [1.82, 2.24) is 4.57 Å². The molecule has 2 heterocycles. The van der Waals surface area contributed by atoms with Crippen molar-refractivity contribution in [2.75, 3.05) is 0 Å². The number of thiophene rings is 1. The number of aromatic nitrogens is 1. The van der Waals surface area contributed by atoms with Gasteiger partial charge in [-0.2, -0.15) is 4.99 Å². The second kappa shape index (κ2) is 6.29. The molecule has 0 fully saturated rings. The zero-order chi connectivity index (χ0) is 17.4. The minimum atomic E-state index is -0.500. The Morgan fingerprint density at radius 1 is 1.21 bits per heavy atom. The fourth-order valence-electron chi connectivity index (χ4n) is 2.54. The first-order valence-corrected chi connectivity index (χ1v) is 8.98. The van der Waals surface area contributed by atoms with Crippen molar-refractivity contribution in [3.05, 3.63) is 55.2 Å². The van der Waals surface area contributed by atoms with Crippen LogP contribution in [-0.2, 0) is 6.54 Å². The molecule has 3 aromatic rings. The zero-order valence-electron chi connectivity index (χ0n) is 13.4. The maximum absolute atomic E-state index is 12.4. The van der Waals surface area contributed by atoms with Crippen molar-refractivity contribution in [3.63, 3.8) is 0 Å². The van der Waals surface area contributed by atoms with Gasteiger partial charge < -0.3 is 4.57 Å².